The molecule has 4 nitrogen and oxygen atoms in total. The van der Waals surface area contributed by atoms with Crippen molar-refractivity contribution in [3.8, 4) is 0 Å². The predicted octanol–water partition coefficient (Wildman–Crippen LogP) is 3.17. The van der Waals surface area contributed by atoms with Crippen LogP contribution in [0.15, 0.2) is 46.9 Å². The van der Waals surface area contributed by atoms with Crippen molar-refractivity contribution in [2.75, 3.05) is 6.26 Å². The molecule has 1 atom stereocenters. The molecule has 6 heteroatoms. The first-order valence-electron chi connectivity index (χ1n) is 6.63. The van der Waals surface area contributed by atoms with Crippen LogP contribution in [0.25, 0.3) is 0 Å². The normalized spacial score (nSPS) is 18.9. The Hall–Kier alpha value is -1.66. The van der Waals surface area contributed by atoms with E-state index >= 15 is 0 Å². The molecular weight excluding hydrogens is 304 g/mol. The van der Waals surface area contributed by atoms with Crippen molar-refractivity contribution in [2.24, 2.45) is 5.10 Å². The van der Waals surface area contributed by atoms with Crippen LogP contribution in [-0.4, -0.2) is 24.8 Å². The van der Waals surface area contributed by atoms with Gasteiger partial charge in [0.05, 0.1) is 12.0 Å². The van der Waals surface area contributed by atoms with E-state index < -0.39 is 10.0 Å². The fourth-order valence-corrected chi connectivity index (χ4v) is 4.32. The Morgan fingerprint density at radius 1 is 1.24 bits per heavy atom. The lowest BCUT2D eigenvalue weighted by molar-refractivity contribution is 0.379. The molecule has 0 aliphatic carbocycles. The minimum Gasteiger partial charge on any atom is -0.205 e. The summed E-state index contributed by atoms with van der Waals surface area (Å²) in [6, 6.07) is 11.6. The van der Waals surface area contributed by atoms with E-state index in [4.69, 9.17) is 0 Å². The molecule has 1 aromatic carbocycles. The summed E-state index contributed by atoms with van der Waals surface area (Å²) in [4.78, 5) is 1.02. The predicted molar refractivity (Wildman–Crippen MR) is 86.1 cm³/mol. The van der Waals surface area contributed by atoms with Gasteiger partial charge in [0.15, 0.2) is 0 Å². The van der Waals surface area contributed by atoms with Crippen LogP contribution in [0.3, 0.4) is 0 Å². The highest BCUT2D eigenvalue weighted by atomic mass is 32.2. The molecule has 0 amide bonds. The van der Waals surface area contributed by atoms with Crippen molar-refractivity contribution in [2.45, 2.75) is 19.4 Å². The molecule has 21 heavy (non-hydrogen) atoms. The van der Waals surface area contributed by atoms with Gasteiger partial charge >= 0.3 is 0 Å². The second-order valence-electron chi connectivity index (χ2n) is 5.13. The van der Waals surface area contributed by atoms with E-state index in [9.17, 15) is 8.42 Å². The van der Waals surface area contributed by atoms with Crippen molar-refractivity contribution < 1.29 is 8.42 Å². The Labute approximate surface area is 128 Å². The van der Waals surface area contributed by atoms with Crippen LogP contribution in [0.5, 0.6) is 0 Å². The highest BCUT2D eigenvalue weighted by Crippen LogP contribution is 2.36. The minimum atomic E-state index is -3.38. The summed E-state index contributed by atoms with van der Waals surface area (Å²) in [5.74, 6) is 0. The first-order chi connectivity index (χ1) is 9.97. The van der Waals surface area contributed by atoms with Crippen molar-refractivity contribution in [1.29, 1.82) is 0 Å². The molecule has 110 valence electrons. The average molecular weight is 320 g/mol. The SMILES string of the molecule is Cc1ccccc1C1=NN(S(C)(=O)=O)[C@H](c2cccs2)C1. The maximum Gasteiger partial charge on any atom is 0.247 e. The van der Waals surface area contributed by atoms with Gasteiger partial charge in [-0.2, -0.15) is 9.52 Å². The Morgan fingerprint density at radius 3 is 2.62 bits per heavy atom. The van der Waals surface area contributed by atoms with E-state index in [1.165, 1.54) is 10.7 Å². The Bertz CT molecular complexity index is 780. The maximum atomic E-state index is 12.0. The largest absolute Gasteiger partial charge is 0.247 e. The highest BCUT2D eigenvalue weighted by Gasteiger charge is 2.35. The van der Waals surface area contributed by atoms with E-state index in [0.29, 0.717) is 6.42 Å². The molecule has 0 bridgehead atoms. The van der Waals surface area contributed by atoms with Crippen LogP contribution in [-0.2, 0) is 10.0 Å². The molecule has 0 N–H and O–H groups in total. The summed E-state index contributed by atoms with van der Waals surface area (Å²) in [5.41, 5.74) is 2.96. The number of sulfonamides is 1. The average Bonchev–Trinajstić information content (AvgIpc) is 3.07. The van der Waals surface area contributed by atoms with Crippen LogP contribution >= 0.6 is 11.3 Å². The zero-order valence-corrected chi connectivity index (χ0v) is 13.5. The van der Waals surface area contributed by atoms with Gasteiger partial charge in [0, 0.05) is 16.9 Å². The fraction of sp³-hybridized carbons (Fsp3) is 0.267. The molecule has 2 aromatic rings. The lowest BCUT2D eigenvalue weighted by Gasteiger charge is -2.19. The second kappa shape index (κ2) is 5.27. The molecule has 2 heterocycles. The van der Waals surface area contributed by atoms with E-state index in [-0.39, 0.29) is 6.04 Å². The van der Waals surface area contributed by atoms with Gasteiger partial charge in [-0.1, -0.05) is 30.3 Å². The van der Waals surface area contributed by atoms with E-state index in [0.717, 1.165) is 21.7 Å². The molecule has 0 spiro atoms. The maximum absolute atomic E-state index is 12.0. The van der Waals surface area contributed by atoms with Gasteiger partial charge in [0.1, 0.15) is 6.04 Å². The van der Waals surface area contributed by atoms with Crippen LogP contribution in [0.2, 0.25) is 0 Å². The molecule has 0 fully saturated rings. The summed E-state index contributed by atoms with van der Waals surface area (Å²) >= 11 is 1.56. The van der Waals surface area contributed by atoms with Crippen molar-refractivity contribution in [3.63, 3.8) is 0 Å². The third-order valence-corrected chi connectivity index (χ3v) is 5.53. The van der Waals surface area contributed by atoms with Crippen LogP contribution < -0.4 is 0 Å². The Morgan fingerprint density at radius 2 is 2.00 bits per heavy atom. The molecule has 0 saturated heterocycles. The molecule has 1 aliphatic heterocycles. The molecule has 1 aliphatic rings. The number of rotatable bonds is 3. The summed E-state index contributed by atoms with van der Waals surface area (Å²) in [6.07, 6.45) is 1.82. The van der Waals surface area contributed by atoms with Gasteiger partial charge in [-0.25, -0.2) is 8.42 Å². The molecule has 0 unspecified atom stereocenters. The third kappa shape index (κ3) is 2.73. The number of hydrogen-bond acceptors (Lipinski definition) is 4. The molecule has 1 aromatic heterocycles. The van der Waals surface area contributed by atoms with Crippen LogP contribution in [0, 0.1) is 6.92 Å². The number of aryl methyl sites for hydroxylation is 1. The number of nitrogens with zero attached hydrogens (tertiary/aromatic N) is 2. The molecule has 0 saturated carbocycles. The summed E-state index contributed by atoms with van der Waals surface area (Å²) in [7, 11) is -3.38. The number of benzene rings is 1. The quantitative estimate of drug-likeness (QED) is 0.872. The second-order valence-corrected chi connectivity index (χ2v) is 7.95. The summed E-state index contributed by atoms with van der Waals surface area (Å²) < 4.78 is 25.3. The van der Waals surface area contributed by atoms with E-state index in [2.05, 4.69) is 5.10 Å². The Balaban J connectivity index is 2.04. The van der Waals surface area contributed by atoms with Crippen LogP contribution in [0.4, 0.5) is 0 Å². The number of hydrogen-bond donors (Lipinski definition) is 0. The van der Waals surface area contributed by atoms with Gasteiger partial charge in [0.2, 0.25) is 10.0 Å². The smallest absolute Gasteiger partial charge is 0.205 e. The van der Waals surface area contributed by atoms with Gasteiger partial charge in [-0.3, -0.25) is 0 Å². The minimum absolute atomic E-state index is 0.227. The zero-order chi connectivity index (χ0) is 15.0. The summed E-state index contributed by atoms with van der Waals surface area (Å²) in [6.45, 7) is 2.01. The summed E-state index contributed by atoms with van der Waals surface area (Å²) in [5, 5.41) is 6.36. The van der Waals surface area contributed by atoms with Gasteiger partial charge in [-0.05, 0) is 23.9 Å². The first kappa shape index (κ1) is 14.3. The molecule has 0 radical (unpaired) electrons. The standard InChI is InChI=1S/C15H16N2O2S2/c1-11-6-3-4-7-12(11)13-10-14(15-8-5-9-20-15)17(16-13)21(2,18)19/h3-9,14H,10H2,1-2H3/t14-/m0/s1. The lowest BCUT2D eigenvalue weighted by atomic mass is 9.99. The fourth-order valence-electron chi connectivity index (χ4n) is 2.55. The number of thiophene rings is 1. The van der Waals surface area contributed by atoms with Gasteiger partial charge < -0.3 is 0 Å². The third-order valence-electron chi connectivity index (χ3n) is 3.54. The first-order valence-corrected chi connectivity index (χ1v) is 9.36. The zero-order valence-electron chi connectivity index (χ0n) is 11.9. The van der Waals surface area contributed by atoms with Crippen molar-refractivity contribution in [3.05, 3.63) is 57.8 Å². The topological polar surface area (TPSA) is 49.7 Å². The molecule has 3 rings (SSSR count). The van der Waals surface area contributed by atoms with E-state index in [1.807, 2.05) is 48.7 Å². The number of hydrazone groups is 1. The van der Waals surface area contributed by atoms with Crippen LogP contribution in [0.1, 0.15) is 28.5 Å². The molecular formula is C15H16N2O2S2. The highest BCUT2D eigenvalue weighted by molar-refractivity contribution is 7.88. The monoisotopic (exact) mass is 320 g/mol. The Kier molecular flexibility index (Phi) is 3.59. The lowest BCUT2D eigenvalue weighted by Crippen LogP contribution is -2.25. The van der Waals surface area contributed by atoms with Gasteiger partial charge in [0.25, 0.3) is 0 Å². The van der Waals surface area contributed by atoms with E-state index in [1.54, 1.807) is 11.3 Å². The van der Waals surface area contributed by atoms with Gasteiger partial charge in [-0.15, -0.1) is 11.3 Å². The van der Waals surface area contributed by atoms with Crippen molar-refractivity contribution >= 4 is 27.1 Å². The van der Waals surface area contributed by atoms with Crippen molar-refractivity contribution in [1.82, 2.24) is 4.41 Å².